The Bertz CT molecular complexity index is 530. The predicted octanol–water partition coefficient (Wildman–Crippen LogP) is 2.44. The van der Waals surface area contributed by atoms with Gasteiger partial charge in [0.05, 0.1) is 11.1 Å². The summed E-state index contributed by atoms with van der Waals surface area (Å²) in [5.74, 6) is -1.14. The third-order valence-electron chi connectivity index (χ3n) is 2.45. The van der Waals surface area contributed by atoms with Gasteiger partial charge >= 0.3 is 11.9 Å². The summed E-state index contributed by atoms with van der Waals surface area (Å²) in [5, 5.41) is 0. The summed E-state index contributed by atoms with van der Waals surface area (Å²) < 4.78 is 10.0. The summed E-state index contributed by atoms with van der Waals surface area (Å²) in [6.45, 7) is 1.48. The van der Waals surface area contributed by atoms with Crippen molar-refractivity contribution in [2.75, 3.05) is 0 Å². The number of nitrogens with zero attached hydrogens (tertiary/aromatic N) is 1. The first-order chi connectivity index (χ1) is 9.66. The maximum Gasteiger partial charge on any atom is 0.342 e. The van der Waals surface area contributed by atoms with Crippen LogP contribution in [0.3, 0.4) is 0 Å². The molecule has 0 radical (unpaired) electrons. The van der Waals surface area contributed by atoms with E-state index in [4.69, 9.17) is 9.47 Å². The normalized spacial score (nSPS) is 11.4. The lowest BCUT2D eigenvalue weighted by molar-refractivity contribution is -0.0692. The molecule has 1 atom stereocenters. The summed E-state index contributed by atoms with van der Waals surface area (Å²) in [5.41, 5.74) is 0.701. The fourth-order valence-electron chi connectivity index (χ4n) is 1.52. The second-order valence-corrected chi connectivity index (χ2v) is 3.99. The van der Waals surface area contributed by atoms with Crippen LogP contribution in [0.2, 0.25) is 0 Å². The first-order valence-corrected chi connectivity index (χ1v) is 6.04. The second kappa shape index (κ2) is 6.47. The highest BCUT2D eigenvalue weighted by Crippen LogP contribution is 2.07. The van der Waals surface area contributed by atoms with E-state index in [1.807, 2.05) is 0 Å². The van der Waals surface area contributed by atoms with E-state index in [1.54, 1.807) is 48.7 Å². The van der Waals surface area contributed by atoms with Crippen molar-refractivity contribution >= 4 is 11.9 Å². The van der Waals surface area contributed by atoms with Crippen molar-refractivity contribution in [1.82, 2.24) is 4.98 Å². The molecule has 0 saturated carbocycles. The van der Waals surface area contributed by atoms with E-state index in [9.17, 15) is 9.59 Å². The lowest BCUT2D eigenvalue weighted by atomic mass is 10.2. The molecule has 0 fully saturated rings. The Labute approximate surface area is 116 Å². The topological polar surface area (TPSA) is 65.5 Å². The van der Waals surface area contributed by atoms with Crippen LogP contribution in [0.5, 0.6) is 0 Å². The van der Waals surface area contributed by atoms with E-state index in [2.05, 4.69) is 4.98 Å². The van der Waals surface area contributed by atoms with Crippen molar-refractivity contribution in [3.63, 3.8) is 0 Å². The molecule has 1 aromatic carbocycles. The number of hydrogen-bond acceptors (Lipinski definition) is 5. The van der Waals surface area contributed by atoms with Gasteiger partial charge in [-0.3, -0.25) is 4.98 Å². The third-order valence-corrected chi connectivity index (χ3v) is 2.45. The molecular weight excluding hydrogens is 258 g/mol. The van der Waals surface area contributed by atoms with Crippen LogP contribution in [0.25, 0.3) is 0 Å². The van der Waals surface area contributed by atoms with Crippen molar-refractivity contribution < 1.29 is 19.1 Å². The van der Waals surface area contributed by atoms with E-state index < -0.39 is 18.2 Å². The Kier molecular flexibility index (Phi) is 4.44. The van der Waals surface area contributed by atoms with Crippen molar-refractivity contribution in [3.05, 3.63) is 66.0 Å². The van der Waals surface area contributed by atoms with Crippen molar-refractivity contribution in [3.8, 4) is 0 Å². The first-order valence-electron chi connectivity index (χ1n) is 6.04. The number of carbonyl (C=O) groups excluding carboxylic acids is 2. The number of aromatic nitrogens is 1. The van der Waals surface area contributed by atoms with E-state index >= 15 is 0 Å². The van der Waals surface area contributed by atoms with Gasteiger partial charge in [0.2, 0.25) is 6.29 Å². The molecule has 0 bridgehead atoms. The SMILES string of the molecule is CC(OC(=O)c1ccccc1)OC(=O)c1cccnc1. The second-order valence-electron chi connectivity index (χ2n) is 3.99. The summed E-state index contributed by atoms with van der Waals surface area (Å²) in [4.78, 5) is 27.3. The van der Waals surface area contributed by atoms with Crippen LogP contribution in [0.15, 0.2) is 54.9 Å². The molecule has 0 amide bonds. The summed E-state index contributed by atoms with van der Waals surface area (Å²) in [7, 11) is 0. The molecule has 5 heteroatoms. The van der Waals surface area contributed by atoms with Gasteiger partial charge in [-0.15, -0.1) is 0 Å². The third kappa shape index (κ3) is 3.65. The number of hydrogen-bond donors (Lipinski definition) is 0. The van der Waals surface area contributed by atoms with Gasteiger partial charge in [0.25, 0.3) is 0 Å². The Hall–Kier alpha value is -2.69. The van der Waals surface area contributed by atoms with Crippen LogP contribution in [-0.2, 0) is 9.47 Å². The molecule has 0 N–H and O–H groups in total. The Balaban J connectivity index is 1.91. The maximum atomic E-state index is 11.7. The number of pyridine rings is 1. The zero-order valence-corrected chi connectivity index (χ0v) is 10.9. The minimum atomic E-state index is -0.976. The highest BCUT2D eigenvalue weighted by atomic mass is 16.7. The summed E-state index contributed by atoms with van der Waals surface area (Å²) in [6.07, 6.45) is 1.96. The summed E-state index contributed by atoms with van der Waals surface area (Å²) in [6, 6.07) is 11.7. The fraction of sp³-hybridized carbons (Fsp3) is 0.133. The van der Waals surface area contributed by atoms with Crippen LogP contribution in [0, 0.1) is 0 Å². The zero-order valence-electron chi connectivity index (χ0n) is 10.9. The zero-order chi connectivity index (χ0) is 14.4. The first kappa shape index (κ1) is 13.7. The molecule has 1 heterocycles. The fourth-order valence-corrected chi connectivity index (χ4v) is 1.52. The lowest BCUT2D eigenvalue weighted by Gasteiger charge is -2.13. The molecule has 1 aromatic heterocycles. The maximum absolute atomic E-state index is 11.7. The van der Waals surface area contributed by atoms with Gasteiger partial charge in [-0.25, -0.2) is 9.59 Å². The molecule has 2 rings (SSSR count). The monoisotopic (exact) mass is 271 g/mol. The van der Waals surface area contributed by atoms with Gasteiger partial charge in [-0.1, -0.05) is 18.2 Å². The minimum Gasteiger partial charge on any atom is -0.422 e. The molecular formula is C15H13NO4. The quantitative estimate of drug-likeness (QED) is 0.631. The average Bonchev–Trinajstić information content (AvgIpc) is 2.49. The molecule has 0 aliphatic carbocycles. The van der Waals surface area contributed by atoms with Crippen LogP contribution in [0.1, 0.15) is 27.6 Å². The van der Waals surface area contributed by atoms with Crippen LogP contribution in [0.4, 0.5) is 0 Å². The van der Waals surface area contributed by atoms with Gasteiger partial charge in [0, 0.05) is 19.3 Å². The van der Waals surface area contributed by atoms with Gasteiger partial charge in [0.1, 0.15) is 0 Å². The highest BCUT2D eigenvalue weighted by molar-refractivity contribution is 5.90. The van der Waals surface area contributed by atoms with Gasteiger partial charge in [-0.2, -0.15) is 0 Å². The number of benzene rings is 1. The van der Waals surface area contributed by atoms with E-state index in [-0.39, 0.29) is 0 Å². The molecule has 20 heavy (non-hydrogen) atoms. The number of carbonyl (C=O) groups is 2. The minimum absolute atomic E-state index is 0.301. The van der Waals surface area contributed by atoms with Gasteiger partial charge < -0.3 is 9.47 Å². The van der Waals surface area contributed by atoms with E-state index in [0.29, 0.717) is 11.1 Å². The van der Waals surface area contributed by atoms with Crippen LogP contribution < -0.4 is 0 Å². The smallest absolute Gasteiger partial charge is 0.342 e. The van der Waals surface area contributed by atoms with E-state index in [0.717, 1.165) is 0 Å². The largest absolute Gasteiger partial charge is 0.422 e. The Morgan fingerprint density at radius 3 is 2.15 bits per heavy atom. The number of ether oxygens (including phenoxy) is 2. The van der Waals surface area contributed by atoms with Gasteiger partial charge in [0.15, 0.2) is 0 Å². The Morgan fingerprint density at radius 1 is 0.950 bits per heavy atom. The highest BCUT2D eigenvalue weighted by Gasteiger charge is 2.16. The van der Waals surface area contributed by atoms with E-state index in [1.165, 1.54) is 13.1 Å². The standard InChI is InChI=1S/C15H13NO4/c1-11(19-14(17)12-6-3-2-4-7-12)20-15(18)13-8-5-9-16-10-13/h2-11H,1H3. The molecule has 0 spiro atoms. The molecule has 2 aromatic rings. The number of rotatable bonds is 4. The van der Waals surface area contributed by atoms with Crippen LogP contribution in [-0.4, -0.2) is 23.2 Å². The average molecular weight is 271 g/mol. The molecule has 0 aliphatic rings. The molecule has 5 nitrogen and oxygen atoms in total. The Morgan fingerprint density at radius 2 is 1.55 bits per heavy atom. The van der Waals surface area contributed by atoms with Crippen LogP contribution >= 0.6 is 0 Å². The number of esters is 2. The van der Waals surface area contributed by atoms with Crippen molar-refractivity contribution in [2.24, 2.45) is 0 Å². The molecule has 0 saturated heterocycles. The predicted molar refractivity (Wildman–Crippen MR) is 71.0 cm³/mol. The van der Waals surface area contributed by atoms with Gasteiger partial charge in [-0.05, 0) is 24.3 Å². The molecule has 0 aliphatic heterocycles. The van der Waals surface area contributed by atoms with Crippen molar-refractivity contribution in [1.29, 1.82) is 0 Å². The lowest BCUT2D eigenvalue weighted by Crippen LogP contribution is -2.21. The summed E-state index contributed by atoms with van der Waals surface area (Å²) >= 11 is 0. The molecule has 1 unspecified atom stereocenters. The molecule has 102 valence electrons. The van der Waals surface area contributed by atoms with Crippen molar-refractivity contribution in [2.45, 2.75) is 13.2 Å².